The maximum atomic E-state index is 12.4. The van der Waals surface area contributed by atoms with Gasteiger partial charge in [0.2, 0.25) is 5.91 Å². The van der Waals surface area contributed by atoms with Gasteiger partial charge in [0.15, 0.2) is 0 Å². The lowest BCUT2D eigenvalue weighted by Crippen LogP contribution is -2.49. The average molecular weight is 338 g/mol. The summed E-state index contributed by atoms with van der Waals surface area (Å²) in [6.07, 6.45) is 1.37. The van der Waals surface area contributed by atoms with Gasteiger partial charge in [0.25, 0.3) is 0 Å². The number of aliphatic carboxylic acids is 1. The van der Waals surface area contributed by atoms with E-state index in [9.17, 15) is 24.8 Å². The molecule has 0 spiro atoms. The van der Waals surface area contributed by atoms with E-state index in [0.29, 0.717) is 30.8 Å². The van der Waals surface area contributed by atoms with E-state index >= 15 is 0 Å². The number of rotatable bonds is 5. The lowest BCUT2D eigenvalue weighted by atomic mass is 9.90. The topological polar surface area (TPSA) is 119 Å². The summed E-state index contributed by atoms with van der Waals surface area (Å²) < 4.78 is 1.47. The molecular weight excluding hydrogens is 316 g/mol. The third-order valence-electron chi connectivity index (χ3n) is 4.69. The Hall–Kier alpha value is -2.45. The molecule has 1 saturated heterocycles. The van der Waals surface area contributed by atoms with Crippen molar-refractivity contribution in [3.8, 4) is 0 Å². The van der Waals surface area contributed by atoms with E-state index in [1.54, 1.807) is 25.7 Å². The summed E-state index contributed by atoms with van der Waals surface area (Å²) in [5.41, 5.74) is 0.711. The first-order valence-corrected chi connectivity index (χ1v) is 7.94. The van der Waals surface area contributed by atoms with Gasteiger partial charge in [0.05, 0.1) is 17.4 Å². The normalized spacial score (nSPS) is 20.9. The van der Waals surface area contributed by atoms with Crippen LogP contribution in [0.3, 0.4) is 0 Å². The zero-order valence-corrected chi connectivity index (χ0v) is 14.1. The molecule has 2 atom stereocenters. The fourth-order valence-corrected chi connectivity index (χ4v) is 3.34. The Morgan fingerprint density at radius 1 is 1.42 bits per heavy atom. The van der Waals surface area contributed by atoms with Gasteiger partial charge < -0.3 is 10.0 Å². The van der Waals surface area contributed by atoms with Crippen molar-refractivity contribution < 1.29 is 19.6 Å². The van der Waals surface area contributed by atoms with Crippen LogP contribution in [0.1, 0.15) is 37.6 Å². The van der Waals surface area contributed by atoms with E-state index in [1.807, 2.05) is 0 Å². The van der Waals surface area contributed by atoms with E-state index < -0.39 is 16.8 Å². The summed E-state index contributed by atoms with van der Waals surface area (Å²) in [5, 5.41) is 24.3. The summed E-state index contributed by atoms with van der Waals surface area (Å²) >= 11 is 0. The molecule has 0 aromatic carbocycles. The molecule has 1 aliphatic heterocycles. The first kappa shape index (κ1) is 17.9. The summed E-state index contributed by atoms with van der Waals surface area (Å²) in [6.45, 7) is 5.70. The monoisotopic (exact) mass is 338 g/mol. The molecule has 0 bridgehead atoms. The first-order valence-electron chi connectivity index (χ1n) is 7.94. The van der Waals surface area contributed by atoms with E-state index in [4.69, 9.17) is 0 Å². The number of likely N-dealkylation sites (tertiary alicyclic amines) is 1. The number of piperidine rings is 1. The number of carboxylic acids is 1. The highest BCUT2D eigenvalue weighted by molar-refractivity contribution is 5.78. The van der Waals surface area contributed by atoms with Crippen molar-refractivity contribution in [1.29, 1.82) is 0 Å². The molecule has 9 heteroatoms. The van der Waals surface area contributed by atoms with Gasteiger partial charge in [-0.25, -0.2) is 0 Å². The number of nitrogens with zero attached hydrogens (tertiary/aromatic N) is 4. The molecule has 1 aromatic rings. The number of carbonyl (C=O) groups is 2. The van der Waals surface area contributed by atoms with Crippen LogP contribution >= 0.6 is 0 Å². The minimum absolute atomic E-state index is 0.0280. The van der Waals surface area contributed by atoms with Crippen LogP contribution in [0.2, 0.25) is 0 Å². The van der Waals surface area contributed by atoms with Gasteiger partial charge >= 0.3 is 11.7 Å². The molecule has 132 valence electrons. The van der Waals surface area contributed by atoms with E-state index in [1.165, 1.54) is 4.68 Å². The van der Waals surface area contributed by atoms with Crippen LogP contribution in [0.5, 0.6) is 0 Å². The first-order chi connectivity index (χ1) is 11.2. The van der Waals surface area contributed by atoms with Crippen LogP contribution in [0.15, 0.2) is 0 Å². The van der Waals surface area contributed by atoms with Gasteiger partial charge in [-0.1, -0.05) is 0 Å². The number of aromatic nitrogens is 2. The van der Waals surface area contributed by atoms with Crippen molar-refractivity contribution in [2.24, 2.45) is 5.92 Å². The molecule has 24 heavy (non-hydrogen) atoms. The Morgan fingerprint density at radius 3 is 2.62 bits per heavy atom. The molecule has 1 amide bonds. The molecule has 0 aliphatic carbocycles. The zero-order chi connectivity index (χ0) is 18.0. The third kappa shape index (κ3) is 3.39. The number of amides is 1. The zero-order valence-electron chi connectivity index (χ0n) is 14.1. The number of hydrogen-bond donors (Lipinski definition) is 1. The maximum Gasteiger partial charge on any atom is 0.312 e. The molecule has 2 heterocycles. The molecule has 1 N–H and O–H groups in total. The minimum atomic E-state index is -0.880. The van der Waals surface area contributed by atoms with Crippen molar-refractivity contribution >= 4 is 17.6 Å². The molecule has 1 fully saturated rings. The van der Waals surface area contributed by atoms with Crippen LogP contribution in [0.4, 0.5) is 5.69 Å². The summed E-state index contributed by atoms with van der Waals surface area (Å²) in [7, 11) is 0. The highest BCUT2D eigenvalue weighted by atomic mass is 16.6. The summed E-state index contributed by atoms with van der Waals surface area (Å²) in [5.74, 6) is -1.57. The van der Waals surface area contributed by atoms with Crippen LogP contribution in [0.25, 0.3) is 0 Å². The summed E-state index contributed by atoms with van der Waals surface area (Å²) in [6, 6.07) is -0.349. The second-order valence-electron chi connectivity index (χ2n) is 6.16. The van der Waals surface area contributed by atoms with Gasteiger partial charge in [0, 0.05) is 19.0 Å². The number of hydrogen-bond acceptors (Lipinski definition) is 5. The molecular formula is C15H22N4O5. The fraction of sp³-hybridized carbons (Fsp3) is 0.667. The molecule has 9 nitrogen and oxygen atoms in total. The van der Waals surface area contributed by atoms with Crippen molar-refractivity contribution in [1.82, 2.24) is 14.7 Å². The predicted molar refractivity (Wildman–Crippen MR) is 84.5 cm³/mol. The largest absolute Gasteiger partial charge is 0.481 e. The minimum Gasteiger partial charge on any atom is -0.481 e. The van der Waals surface area contributed by atoms with Gasteiger partial charge in [-0.05, 0) is 33.6 Å². The molecule has 1 aromatic heterocycles. The van der Waals surface area contributed by atoms with E-state index in [0.717, 1.165) is 0 Å². The Kier molecular flexibility index (Phi) is 5.20. The highest BCUT2D eigenvalue weighted by Crippen LogP contribution is 2.25. The van der Waals surface area contributed by atoms with Gasteiger partial charge in [-0.15, -0.1) is 0 Å². The quantitative estimate of drug-likeness (QED) is 0.642. The summed E-state index contributed by atoms with van der Waals surface area (Å²) in [4.78, 5) is 35.8. The SMILES string of the molecule is Cc1nn(CCC(=O)N2CCC[C@@H](C(=O)O)[C@H]2C)c(C)c1[N+](=O)[O-]. The van der Waals surface area contributed by atoms with Gasteiger partial charge in [-0.3, -0.25) is 24.4 Å². The Balaban J connectivity index is 2.04. The Labute approximate surface area is 139 Å². The molecule has 0 radical (unpaired) electrons. The highest BCUT2D eigenvalue weighted by Gasteiger charge is 2.35. The molecule has 0 saturated carbocycles. The van der Waals surface area contributed by atoms with E-state index in [-0.39, 0.29) is 30.6 Å². The standard InChI is InChI=1S/C15H22N4O5/c1-9-14(19(23)24)11(3)18(16-9)8-6-13(20)17-7-4-5-12(10(17)2)15(21)22/h10,12H,4-8H2,1-3H3,(H,21,22)/t10-,12-/m1/s1. The number of carboxylic acid groups (broad SMARTS) is 1. The van der Waals surface area contributed by atoms with Crippen LogP contribution in [-0.4, -0.2) is 49.2 Å². The maximum absolute atomic E-state index is 12.4. The van der Waals surface area contributed by atoms with E-state index in [2.05, 4.69) is 5.10 Å². The predicted octanol–water partition coefficient (Wildman–Crippen LogP) is 1.51. The van der Waals surface area contributed by atoms with Gasteiger partial charge in [0.1, 0.15) is 11.4 Å². The number of aryl methyl sites for hydroxylation is 2. The fourth-order valence-electron chi connectivity index (χ4n) is 3.34. The second kappa shape index (κ2) is 6.98. The van der Waals surface area contributed by atoms with Gasteiger partial charge in [-0.2, -0.15) is 5.10 Å². The smallest absolute Gasteiger partial charge is 0.312 e. The molecule has 2 rings (SSSR count). The van der Waals surface area contributed by atoms with Crippen molar-refractivity contribution in [3.05, 3.63) is 21.5 Å². The molecule has 1 aliphatic rings. The average Bonchev–Trinajstić information content (AvgIpc) is 2.78. The van der Waals surface area contributed by atoms with Crippen LogP contribution in [0, 0.1) is 29.9 Å². The molecule has 0 unspecified atom stereocenters. The third-order valence-corrected chi connectivity index (χ3v) is 4.69. The van der Waals surface area contributed by atoms with Crippen molar-refractivity contribution in [3.63, 3.8) is 0 Å². The Morgan fingerprint density at radius 2 is 2.08 bits per heavy atom. The van der Waals surface area contributed by atoms with Crippen molar-refractivity contribution in [2.75, 3.05) is 6.54 Å². The lowest BCUT2D eigenvalue weighted by Gasteiger charge is -2.37. The van der Waals surface area contributed by atoms with Crippen LogP contribution < -0.4 is 0 Å². The van der Waals surface area contributed by atoms with Crippen molar-refractivity contribution in [2.45, 2.75) is 52.6 Å². The number of carbonyl (C=O) groups excluding carboxylic acids is 1. The lowest BCUT2D eigenvalue weighted by molar-refractivity contribution is -0.386. The van der Waals surface area contributed by atoms with Crippen LogP contribution in [-0.2, 0) is 16.1 Å². The second-order valence-corrected chi connectivity index (χ2v) is 6.16. The Bertz CT molecular complexity index is 669. The number of nitro groups is 1.